The van der Waals surface area contributed by atoms with E-state index in [9.17, 15) is 14.9 Å². The monoisotopic (exact) mass is 234 g/mol. The van der Waals surface area contributed by atoms with Crippen molar-refractivity contribution in [2.75, 3.05) is 18.5 Å². The van der Waals surface area contributed by atoms with Gasteiger partial charge < -0.3 is 4.90 Å². The molecule has 1 aromatic rings. The summed E-state index contributed by atoms with van der Waals surface area (Å²) in [5, 5.41) is 10.5. The number of rotatable bonds is 3. The standard InChI is InChI=1S/C12H14N2O3/c1-12(7-8-14(16)17)9-5-3-4-6-10(9)13(2)11(12)15/h3-6H,7-8H2,1-2H3. The molecule has 1 amide bonds. The largest absolute Gasteiger partial charge is 0.314 e. The molecule has 0 saturated carbocycles. The minimum absolute atomic E-state index is 0.0689. The van der Waals surface area contributed by atoms with Crippen LogP contribution >= 0.6 is 0 Å². The van der Waals surface area contributed by atoms with Gasteiger partial charge in [0.05, 0.1) is 5.41 Å². The first-order valence-electron chi connectivity index (χ1n) is 5.46. The molecule has 0 fully saturated rings. The fourth-order valence-corrected chi connectivity index (χ4v) is 2.38. The molecule has 1 unspecified atom stereocenters. The van der Waals surface area contributed by atoms with Gasteiger partial charge in [0, 0.05) is 24.1 Å². The first-order valence-corrected chi connectivity index (χ1v) is 5.46. The second kappa shape index (κ2) is 3.84. The number of likely N-dealkylation sites (N-methyl/N-ethyl adjacent to an activating group) is 1. The van der Waals surface area contributed by atoms with E-state index in [1.165, 1.54) is 0 Å². The number of hydrogen-bond acceptors (Lipinski definition) is 3. The molecule has 0 saturated heterocycles. The highest BCUT2D eigenvalue weighted by Gasteiger charge is 2.46. The molecular weight excluding hydrogens is 220 g/mol. The van der Waals surface area contributed by atoms with Crippen molar-refractivity contribution in [3.05, 3.63) is 39.9 Å². The Morgan fingerprint density at radius 1 is 1.41 bits per heavy atom. The highest BCUT2D eigenvalue weighted by Crippen LogP contribution is 2.42. The topological polar surface area (TPSA) is 63.5 Å². The van der Waals surface area contributed by atoms with Crippen LogP contribution in [0.3, 0.4) is 0 Å². The number of fused-ring (bicyclic) bond motifs is 1. The third kappa shape index (κ3) is 1.67. The molecule has 0 radical (unpaired) electrons. The average Bonchev–Trinajstić information content (AvgIpc) is 2.51. The number of carbonyl (C=O) groups excluding carboxylic acids is 1. The van der Waals surface area contributed by atoms with Crippen molar-refractivity contribution in [3.63, 3.8) is 0 Å². The van der Waals surface area contributed by atoms with E-state index in [0.717, 1.165) is 11.3 Å². The van der Waals surface area contributed by atoms with E-state index in [1.807, 2.05) is 24.3 Å². The van der Waals surface area contributed by atoms with Crippen molar-refractivity contribution in [2.45, 2.75) is 18.8 Å². The number of carbonyl (C=O) groups is 1. The molecule has 5 heteroatoms. The third-order valence-corrected chi connectivity index (χ3v) is 3.43. The van der Waals surface area contributed by atoms with Crippen molar-refractivity contribution in [2.24, 2.45) is 0 Å². The number of amides is 1. The van der Waals surface area contributed by atoms with Gasteiger partial charge in [0.2, 0.25) is 12.5 Å². The Morgan fingerprint density at radius 3 is 2.71 bits per heavy atom. The normalized spacial score (nSPS) is 22.7. The number of anilines is 1. The zero-order valence-corrected chi connectivity index (χ0v) is 9.84. The van der Waals surface area contributed by atoms with Gasteiger partial charge >= 0.3 is 0 Å². The number of nitrogens with zero attached hydrogens (tertiary/aromatic N) is 2. The highest BCUT2D eigenvalue weighted by molar-refractivity contribution is 6.07. The summed E-state index contributed by atoms with van der Waals surface area (Å²) in [6.45, 7) is 1.59. The van der Waals surface area contributed by atoms with Gasteiger partial charge in [-0.25, -0.2) is 0 Å². The van der Waals surface area contributed by atoms with Crippen LogP contribution in [0, 0.1) is 10.1 Å². The van der Waals surface area contributed by atoms with E-state index in [0.29, 0.717) is 0 Å². The molecule has 1 aliphatic heterocycles. The Bertz CT molecular complexity index is 486. The van der Waals surface area contributed by atoms with Crippen LogP contribution in [-0.4, -0.2) is 24.4 Å². The summed E-state index contributed by atoms with van der Waals surface area (Å²) < 4.78 is 0. The number of hydrogen-bond donors (Lipinski definition) is 0. The van der Waals surface area contributed by atoms with Gasteiger partial charge in [-0.2, -0.15) is 0 Å². The van der Waals surface area contributed by atoms with Crippen molar-refractivity contribution >= 4 is 11.6 Å². The molecule has 90 valence electrons. The number of para-hydroxylation sites is 1. The summed E-state index contributed by atoms with van der Waals surface area (Å²) in [5.41, 5.74) is 0.969. The van der Waals surface area contributed by atoms with Gasteiger partial charge in [0.25, 0.3) is 0 Å². The Balaban J connectivity index is 2.41. The van der Waals surface area contributed by atoms with E-state index in [4.69, 9.17) is 0 Å². The van der Waals surface area contributed by atoms with E-state index < -0.39 is 5.41 Å². The van der Waals surface area contributed by atoms with Crippen LogP contribution < -0.4 is 4.90 Å². The zero-order chi connectivity index (χ0) is 12.6. The third-order valence-electron chi connectivity index (χ3n) is 3.43. The van der Waals surface area contributed by atoms with Gasteiger partial charge in [-0.1, -0.05) is 18.2 Å². The Hall–Kier alpha value is -1.91. The van der Waals surface area contributed by atoms with Crippen LogP contribution in [0.5, 0.6) is 0 Å². The predicted octanol–water partition coefficient (Wildman–Crippen LogP) is 1.59. The first-order chi connectivity index (χ1) is 7.97. The van der Waals surface area contributed by atoms with E-state index in [-0.39, 0.29) is 23.8 Å². The van der Waals surface area contributed by atoms with Crippen molar-refractivity contribution < 1.29 is 9.72 Å². The van der Waals surface area contributed by atoms with Gasteiger partial charge in [-0.15, -0.1) is 0 Å². The summed E-state index contributed by atoms with van der Waals surface area (Å²) in [4.78, 5) is 23.9. The summed E-state index contributed by atoms with van der Waals surface area (Å²) in [5.74, 6) is -0.0689. The van der Waals surface area contributed by atoms with Gasteiger partial charge in [-0.05, 0) is 18.6 Å². The lowest BCUT2D eigenvalue weighted by atomic mass is 9.81. The van der Waals surface area contributed by atoms with Crippen LogP contribution in [0.15, 0.2) is 24.3 Å². The van der Waals surface area contributed by atoms with Gasteiger partial charge in [0.1, 0.15) is 0 Å². The fraction of sp³-hybridized carbons (Fsp3) is 0.417. The molecule has 0 bridgehead atoms. The number of benzene rings is 1. The highest BCUT2D eigenvalue weighted by atomic mass is 16.6. The predicted molar refractivity (Wildman–Crippen MR) is 63.7 cm³/mol. The molecule has 1 heterocycles. The Morgan fingerprint density at radius 2 is 2.06 bits per heavy atom. The van der Waals surface area contributed by atoms with Crippen LogP contribution in [0.1, 0.15) is 18.9 Å². The summed E-state index contributed by atoms with van der Waals surface area (Å²) in [6, 6.07) is 7.46. The maximum absolute atomic E-state index is 12.2. The lowest BCUT2D eigenvalue weighted by Crippen LogP contribution is -2.37. The quantitative estimate of drug-likeness (QED) is 0.589. The lowest BCUT2D eigenvalue weighted by molar-refractivity contribution is -0.481. The Kier molecular flexibility index (Phi) is 2.61. The molecule has 1 atom stereocenters. The second-order valence-electron chi connectivity index (χ2n) is 4.52. The maximum atomic E-state index is 12.2. The lowest BCUT2D eigenvalue weighted by Gasteiger charge is -2.20. The molecule has 5 nitrogen and oxygen atoms in total. The summed E-state index contributed by atoms with van der Waals surface area (Å²) in [6.07, 6.45) is 0.236. The molecule has 0 N–H and O–H groups in total. The first kappa shape index (κ1) is 11.6. The van der Waals surface area contributed by atoms with Gasteiger partial charge in [-0.3, -0.25) is 14.9 Å². The molecule has 0 aliphatic carbocycles. The maximum Gasteiger partial charge on any atom is 0.237 e. The Labute approximate surface area is 99.2 Å². The smallest absolute Gasteiger partial charge is 0.237 e. The number of nitro groups is 1. The van der Waals surface area contributed by atoms with Gasteiger partial charge in [0.15, 0.2) is 0 Å². The van der Waals surface area contributed by atoms with Crippen LogP contribution in [0.25, 0.3) is 0 Å². The molecular formula is C12H14N2O3. The average molecular weight is 234 g/mol. The van der Waals surface area contributed by atoms with Crippen LogP contribution in [-0.2, 0) is 10.2 Å². The van der Waals surface area contributed by atoms with E-state index in [2.05, 4.69) is 0 Å². The fourth-order valence-electron chi connectivity index (χ4n) is 2.38. The van der Waals surface area contributed by atoms with E-state index >= 15 is 0 Å². The summed E-state index contributed by atoms with van der Waals surface area (Å²) in [7, 11) is 1.71. The van der Waals surface area contributed by atoms with E-state index in [1.54, 1.807) is 18.9 Å². The summed E-state index contributed by atoms with van der Waals surface area (Å²) >= 11 is 0. The van der Waals surface area contributed by atoms with Crippen LogP contribution in [0.4, 0.5) is 5.69 Å². The van der Waals surface area contributed by atoms with Crippen LogP contribution in [0.2, 0.25) is 0 Å². The second-order valence-corrected chi connectivity index (χ2v) is 4.52. The van der Waals surface area contributed by atoms with Crippen molar-refractivity contribution in [1.82, 2.24) is 0 Å². The molecule has 0 spiro atoms. The minimum Gasteiger partial charge on any atom is -0.314 e. The molecule has 0 aromatic heterocycles. The van der Waals surface area contributed by atoms with Crippen molar-refractivity contribution in [1.29, 1.82) is 0 Å². The molecule has 2 rings (SSSR count). The molecule has 1 aromatic carbocycles. The zero-order valence-electron chi connectivity index (χ0n) is 9.84. The molecule has 17 heavy (non-hydrogen) atoms. The van der Waals surface area contributed by atoms with Crippen molar-refractivity contribution in [3.8, 4) is 0 Å². The molecule has 1 aliphatic rings. The minimum atomic E-state index is -0.765. The SMILES string of the molecule is CN1C(=O)C(C)(CC[N+](=O)[O-])c2ccccc21.